The molecular weight excluding hydrogens is 394 g/mol. The first-order valence-corrected chi connectivity index (χ1v) is 10.5. The van der Waals surface area contributed by atoms with Gasteiger partial charge in [0.15, 0.2) is 5.11 Å². The third kappa shape index (κ3) is 3.80. The van der Waals surface area contributed by atoms with Crippen LogP contribution in [0.25, 0.3) is 0 Å². The summed E-state index contributed by atoms with van der Waals surface area (Å²) in [5, 5.41) is 7.05. The monoisotopic (exact) mass is 419 g/mol. The Morgan fingerprint density at radius 3 is 2.67 bits per heavy atom. The summed E-state index contributed by atoms with van der Waals surface area (Å²) in [5.41, 5.74) is 5.86. The molecule has 4 rings (SSSR count). The molecule has 1 saturated heterocycles. The van der Waals surface area contributed by atoms with Gasteiger partial charge < -0.3 is 20.5 Å². The van der Waals surface area contributed by atoms with Gasteiger partial charge in [-0.2, -0.15) is 0 Å². The molecule has 3 heterocycles. The fraction of sp³-hybridized carbons (Fsp3) is 0.261. The SMILES string of the molecule is CCC(=O)Nc1ccc(N2C(=S)NC(c3ccccn3)C2c2ccc(C)[nH]2)cc1C. The van der Waals surface area contributed by atoms with Gasteiger partial charge in [-0.05, 0) is 74.1 Å². The van der Waals surface area contributed by atoms with Gasteiger partial charge in [0.2, 0.25) is 5.91 Å². The summed E-state index contributed by atoms with van der Waals surface area (Å²) < 4.78 is 0. The van der Waals surface area contributed by atoms with Crippen LogP contribution in [-0.2, 0) is 4.79 Å². The summed E-state index contributed by atoms with van der Waals surface area (Å²) in [7, 11) is 0. The molecule has 3 N–H and O–H groups in total. The van der Waals surface area contributed by atoms with E-state index in [-0.39, 0.29) is 18.0 Å². The molecule has 2 atom stereocenters. The van der Waals surface area contributed by atoms with Gasteiger partial charge in [0.05, 0.1) is 11.7 Å². The van der Waals surface area contributed by atoms with Gasteiger partial charge in [-0.25, -0.2) is 0 Å². The number of carbonyl (C=O) groups is 1. The van der Waals surface area contributed by atoms with E-state index >= 15 is 0 Å². The van der Waals surface area contributed by atoms with Crippen LogP contribution in [0.3, 0.4) is 0 Å². The molecule has 154 valence electrons. The number of carbonyl (C=O) groups excluding carboxylic acids is 1. The molecule has 1 amide bonds. The molecular formula is C23H25N5OS. The normalized spacial score (nSPS) is 18.4. The van der Waals surface area contributed by atoms with Gasteiger partial charge in [-0.3, -0.25) is 9.78 Å². The fourth-order valence-corrected chi connectivity index (χ4v) is 4.17. The maximum Gasteiger partial charge on any atom is 0.224 e. The molecule has 30 heavy (non-hydrogen) atoms. The minimum atomic E-state index is -0.0865. The lowest BCUT2D eigenvalue weighted by Gasteiger charge is -2.27. The number of thiocarbonyl (C=S) groups is 1. The Morgan fingerprint density at radius 1 is 1.20 bits per heavy atom. The smallest absolute Gasteiger partial charge is 0.224 e. The average molecular weight is 420 g/mol. The molecule has 0 aliphatic carbocycles. The second-order valence-electron chi connectivity index (χ2n) is 7.49. The molecule has 0 bridgehead atoms. The van der Waals surface area contributed by atoms with Crippen LogP contribution in [0.5, 0.6) is 0 Å². The number of H-pyrrole nitrogens is 1. The molecule has 0 spiro atoms. The quantitative estimate of drug-likeness (QED) is 0.529. The van der Waals surface area contributed by atoms with Crippen LogP contribution in [0.2, 0.25) is 0 Å². The van der Waals surface area contributed by atoms with Gasteiger partial charge in [-0.15, -0.1) is 0 Å². The van der Waals surface area contributed by atoms with Gasteiger partial charge in [0.25, 0.3) is 0 Å². The van der Waals surface area contributed by atoms with E-state index in [1.165, 1.54) is 0 Å². The van der Waals surface area contributed by atoms with Crippen LogP contribution in [0.1, 0.15) is 48.1 Å². The number of nitrogens with one attached hydrogen (secondary N) is 3. The van der Waals surface area contributed by atoms with Crippen molar-refractivity contribution >= 4 is 34.6 Å². The number of aryl methyl sites for hydroxylation is 2. The molecule has 1 aliphatic rings. The maximum atomic E-state index is 11.8. The lowest BCUT2D eigenvalue weighted by Crippen LogP contribution is -2.29. The third-order valence-corrected chi connectivity index (χ3v) is 5.67. The summed E-state index contributed by atoms with van der Waals surface area (Å²) in [6.45, 7) is 5.87. The first-order valence-electron chi connectivity index (χ1n) is 10.0. The molecule has 2 aromatic heterocycles. The highest BCUT2D eigenvalue weighted by Gasteiger charge is 2.41. The number of benzene rings is 1. The number of hydrogen-bond donors (Lipinski definition) is 3. The largest absolute Gasteiger partial charge is 0.361 e. The standard InChI is InChI=1S/C23H25N5OS/c1-4-20(29)26-17-11-9-16(13-14(17)2)28-22(19-10-8-15(3)25-19)21(27-23(28)30)18-7-5-6-12-24-18/h5-13,21-22,25H,4H2,1-3H3,(H,26,29)(H,27,30). The first kappa shape index (κ1) is 20.1. The van der Waals surface area contributed by atoms with E-state index in [9.17, 15) is 4.79 Å². The highest BCUT2D eigenvalue weighted by Crippen LogP contribution is 2.41. The van der Waals surface area contributed by atoms with Crippen molar-refractivity contribution in [1.82, 2.24) is 15.3 Å². The van der Waals surface area contributed by atoms with E-state index < -0.39 is 0 Å². The van der Waals surface area contributed by atoms with Crippen molar-refractivity contribution in [1.29, 1.82) is 0 Å². The molecule has 1 fully saturated rings. The zero-order valence-corrected chi connectivity index (χ0v) is 18.1. The van der Waals surface area contributed by atoms with Crippen molar-refractivity contribution in [3.63, 3.8) is 0 Å². The molecule has 7 heteroatoms. The highest BCUT2D eigenvalue weighted by atomic mass is 32.1. The molecule has 2 unspecified atom stereocenters. The van der Waals surface area contributed by atoms with Crippen molar-refractivity contribution in [2.45, 2.75) is 39.3 Å². The Labute approximate surface area is 181 Å². The zero-order valence-electron chi connectivity index (χ0n) is 17.3. The lowest BCUT2D eigenvalue weighted by atomic mass is 10.0. The lowest BCUT2D eigenvalue weighted by molar-refractivity contribution is -0.115. The Kier molecular flexibility index (Phi) is 5.55. The minimum absolute atomic E-state index is 0.000775. The maximum absolute atomic E-state index is 11.8. The topological polar surface area (TPSA) is 73.1 Å². The van der Waals surface area contributed by atoms with E-state index in [0.29, 0.717) is 11.5 Å². The van der Waals surface area contributed by atoms with Gasteiger partial charge in [0, 0.05) is 35.4 Å². The number of aromatic nitrogens is 2. The number of pyridine rings is 1. The van der Waals surface area contributed by atoms with Gasteiger partial charge in [0.1, 0.15) is 6.04 Å². The Morgan fingerprint density at radius 2 is 2.03 bits per heavy atom. The Bertz CT molecular complexity index is 1080. The van der Waals surface area contributed by atoms with Crippen LogP contribution in [-0.4, -0.2) is 21.0 Å². The molecule has 1 aromatic carbocycles. The van der Waals surface area contributed by atoms with Crippen LogP contribution in [0, 0.1) is 13.8 Å². The first-order chi connectivity index (χ1) is 14.5. The van der Waals surface area contributed by atoms with E-state index in [1.807, 2.05) is 51.1 Å². The molecule has 6 nitrogen and oxygen atoms in total. The number of nitrogens with zero attached hydrogens (tertiary/aromatic N) is 2. The van der Waals surface area contributed by atoms with Crippen LogP contribution < -0.4 is 15.5 Å². The van der Waals surface area contributed by atoms with Crippen molar-refractivity contribution < 1.29 is 4.79 Å². The summed E-state index contributed by atoms with van der Waals surface area (Å²) >= 11 is 5.75. The van der Waals surface area contributed by atoms with Crippen LogP contribution in [0.15, 0.2) is 54.7 Å². The number of aromatic amines is 1. The second-order valence-corrected chi connectivity index (χ2v) is 7.88. The van der Waals surface area contributed by atoms with E-state index in [0.717, 1.165) is 34.0 Å². The van der Waals surface area contributed by atoms with Crippen LogP contribution in [0.4, 0.5) is 11.4 Å². The predicted molar refractivity (Wildman–Crippen MR) is 124 cm³/mol. The summed E-state index contributed by atoms with van der Waals surface area (Å²) in [6, 6.07) is 15.9. The van der Waals surface area contributed by atoms with Crippen molar-refractivity contribution in [2.75, 3.05) is 10.2 Å². The number of rotatable bonds is 5. The van der Waals surface area contributed by atoms with Gasteiger partial charge in [-0.1, -0.05) is 13.0 Å². The zero-order chi connectivity index (χ0) is 21.3. The van der Waals surface area contributed by atoms with Crippen molar-refractivity contribution in [2.24, 2.45) is 0 Å². The van der Waals surface area contributed by atoms with Gasteiger partial charge >= 0.3 is 0 Å². The van der Waals surface area contributed by atoms with Crippen molar-refractivity contribution in [3.05, 3.63) is 77.4 Å². The summed E-state index contributed by atoms with van der Waals surface area (Å²) in [4.78, 5) is 22.0. The summed E-state index contributed by atoms with van der Waals surface area (Å²) in [5.74, 6) is -0.000775. The predicted octanol–water partition coefficient (Wildman–Crippen LogP) is 4.55. The molecule has 0 radical (unpaired) electrons. The fourth-order valence-electron chi connectivity index (χ4n) is 3.82. The van der Waals surface area contributed by atoms with E-state index in [1.54, 1.807) is 6.20 Å². The minimum Gasteiger partial charge on any atom is -0.361 e. The molecule has 0 saturated carbocycles. The highest BCUT2D eigenvalue weighted by molar-refractivity contribution is 7.80. The Hall–Kier alpha value is -3.19. The average Bonchev–Trinajstić information content (AvgIpc) is 3.32. The van der Waals surface area contributed by atoms with Crippen LogP contribution >= 0.6 is 12.2 Å². The number of hydrogen-bond acceptors (Lipinski definition) is 3. The van der Waals surface area contributed by atoms with E-state index in [4.69, 9.17) is 12.2 Å². The number of amides is 1. The third-order valence-electron chi connectivity index (χ3n) is 5.35. The summed E-state index contributed by atoms with van der Waals surface area (Å²) in [6.07, 6.45) is 2.25. The molecule has 1 aliphatic heterocycles. The second kappa shape index (κ2) is 8.28. The Balaban J connectivity index is 1.74. The van der Waals surface area contributed by atoms with Crippen molar-refractivity contribution in [3.8, 4) is 0 Å². The number of anilines is 2. The molecule has 3 aromatic rings. The van der Waals surface area contributed by atoms with E-state index in [2.05, 4.69) is 43.7 Å².